The average molecular weight is 1410 g/mol. The molecule has 96 heavy (non-hydrogen) atoms. The van der Waals surface area contributed by atoms with E-state index in [1.54, 1.807) is 26.0 Å². The van der Waals surface area contributed by atoms with Gasteiger partial charge in [0.05, 0.1) is 72.4 Å². The van der Waals surface area contributed by atoms with Gasteiger partial charge in [0.25, 0.3) is 40.5 Å². The van der Waals surface area contributed by atoms with Crippen LogP contribution >= 0.6 is 0 Å². The van der Waals surface area contributed by atoms with Gasteiger partial charge in [-0.05, 0) is 85.6 Å². The van der Waals surface area contributed by atoms with Crippen LogP contribution in [0.5, 0.6) is 46.0 Å². The van der Waals surface area contributed by atoms with Crippen molar-refractivity contribution in [2.75, 3.05) is 106 Å². The van der Waals surface area contributed by atoms with Crippen molar-refractivity contribution in [3.63, 3.8) is 0 Å². The van der Waals surface area contributed by atoms with Crippen LogP contribution < -0.4 is 49.1 Å². The van der Waals surface area contributed by atoms with Crippen LogP contribution in [0.2, 0.25) is 0 Å². The number of fused-ring (bicyclic) bond motifs is 26. The molecule has 8 aromatic rings. The largest absolute Gasteiger partial charge is 0.491 e. The van der Waals surface area contributed by atoms with Gasteiger partial charge in [-0.1, -0.05) is 0 Å². The monoisotopic (exact) mass is 1410 g/mol. The van der Waals surface area contributed by atoms with Crippen LogP contribution in [-0.4, -0.2) is 158 Å². The summed E-state index contributed by atoms with van der Waals surface area (Å²) in [6.07, 6.45) is -2.26. The van der Waals surface area contributed by atoms with Gasteiger partial charge in [-0.25, -0.2) is 9.59 Å². The molecule has 512 valence electrons. The van der Waals surface area contributed by atoms with Crippen molar-refractivity contribution < 1.29 is 118 Å². The number of rotatable bonds is 4. The van der Waals surface area contributed by atoms with Gasteiger partial charge in [-0.15, -0.1) is 0 Å². The van der Waals surface area contributed by atoms with Gasteiger partial charge in [0.15, 0.2) is 23.0 Å². The van der Waals surface area contributed by atoms with Crippen LogP contribution in [0.25, 0.3) is 21.9 Å². The molecule has 0 unspecified atom stereocenters. The molecule has 32 heteroatoms. The molecule has 5 aliphatic rings. The second-order valence-electron chi connectivity index (χ2n) is 22.2. The quantitative estimate of drug-likeness (QED) is 0.0808. The average Bonchev–Trinajstić information content (AvgIpc) is 0.779. The summed E-state index contributed by atoms with van der Waals surface area (Å²) in [7, 11) is -20.8. The molecule has 6 heterocycles. The van der Waals surface area contributed by atoms with Gasteiger partial charge < -0.3 is 65.7 Å². The van der Waals surface area contributed by atoms with E-state index in [9.17, 15) is 61.5 Å². The molecule has 28 nitrogen and oxygen atoms in total. The van der Waals surface area contributed by atoms with Crippen LogP contribution in [0, 0.1) is 13.8 Å². The summed E-state index contributed by atoms with van der Waals surface area (Å²) in [6.45, 7) is 0.703. The van der Waals surface area contributed by atoms with E-state index in [2.05, 4.69) is 0 Å². The Balaban J connectivity index is 1.10. The molecule has 12 bridgehead atoms. The third-order valence-corrected chi connectivity index (χ3v) is 18.8. The van der Waals surface area contributed by atoms with Crippen LogP contribution in [0.1, 0.15) is 55.6 Å². The lowest BCUT2D eigenvalue weighted by Crippen LogP contribution is -2.17. The van der Waals surface area contributed by atoms with Crippen LogP contribution in [0.15, 0.2) is 123 Å². The molecule has 13 rings (SSSR count). The van der Waals surface area contributed by atoms with Gasteiger partial charge in [0.2, 0.25) is 0 Å². The lowest BCUT2D eigenvalue weighted by atomic mass is 9.91. The van der Waals surface area contributed by atoms with E-state index < -0.39 is 97.0 Å². The molecule has 0 radical (unpaired) electrons. The van der Waals surface area contributed by atoms with Gasteiger partial charge in [-0.2, -0.15) is 33.7 Å². The fraction of sp³-hybridized carbons (Fsp3) is 0.344. The van der Waals surface area contributed by atoms with Crippen LogP contribution in [0.4, 0.5) is 0 Å². The van der Waals surface area contributed by atoms with Gasteiger partial charge >= 0.3 is 11.3 Å². The van der Waals surface area contributed by atoms with Crippen molar-refractivity contribution >= 4 is 62.4 Å². The first-order valence-electron chi connectivity index (χ1n) is 29.8. The maximum atomic E-state index is 13.5. The molecular weight excluding hydrogens is 1340 g/mol. The Kier molecular flexibility index (Phi) is 20.9. The minimum absolute atomic E-state index is 0.0691. The molecule has 2 aromatic heterocycles. The minimum atomic E-state index is -5.19. The molecule has 0 spiro atoms. The van der Waals surface area contributed by atoms with E-state index in [1.165, 1.54) is 24.3 Å². The van der Waals surface area contributed by atoms with Crippen molar-refractivity contribution in [3.8, 4) is 46.0 Å². The Labute approximate surface area is 549 Å². The van der Waals surface area contributed by atoms with Crippen molar-refractivity contribution in [3.05, 3.63) is 161 Å². The van der Waals surface area contributed by atoms with Crippen LogP contribution in [0.3, 0.4) is 0 Å². The first-order valence-corrected chi connectivity index (χ1v) is 35.5. The smallest absolute Gasteiger partial charge is 0.336 e. The Morgan fingerprint density at radius 3 is 0.708 bits per heavy atom. The predicted molar refractivity (Wildman–Crippen MR) is 338 cm³/mol. The van der Waals surface area contributed by atoms with Crippen molar-refractivity contribution in [1.82, 2.24) is 0 Å². The summed E-state index contributed by atoms with van der Waals surface area (Å²) in [4.78, 5) is 21.9. The Morgan fingerprint density at radius 1 is 0.281 bits per heavy atom. The van der Waals surface area contributed by atoms with Crippen molar-refractivity contribution in [1.29, 1.82) is 0 Å². The Hall–Kier alpha value is -8.38. The van der Waals surface area contributed by atoms with E-state index in [0.29, 0.717) is 21.9 Å². The summed E-state index contributed by atoms with van der Waals surface area (Å²) in [5.41, 5.74) is -0.319. The molecule has 0 fully saturated rings. The molecule has 6 aromatic carbocycles. The topological polar surface area (TPSA) is 389 Å². The maximum absolute atomic E-state index is 13.5. The van der Waals surface area contributed by atoms with Crippen molar-refractivity contribution in [2.45, 2.75) is 59.1 Å². The lowest BCUT2D eigenvalue weighted by Gasteiger charge is -2.24. The fourth-order valence-corrected chi connectivity index (χ4v) is 13.6. The molecule has 0 atom stereocenters. The zero-order chi connectivity index (χ0) is 68.1. The molecule has 4 N–H and O–H groups in total. The van der Waals surface area contributed by atoms with E-state index in [1.807, 2.05) is 0 Å². The number of ether oxygens (including phenoxy) is 12. The number of hydrogen-bond acceptors (Lipinski definition) is 24. The van der Waals surface area contributed by atoms with E-state index in [0.717, 1.165) is 48.5 Å². The molecule has 0 saturated carbocycles. The minimum Gasteiger partial charge on any atom is -0.491 e. The highest BCUT2D eigenvalue weighted by Crippen LogP contribution is 2.43. The normalized spacial score (nSPS) is 16.3. The zero-order valence-electron chi connectivity index (χ0n) is 51.4. The summed E-state index contributed by atoms with van der Waals surface area (Å²) < 4.78 is 237. The molecule has 4 aliphatic heterocycles. The highest BCUT2D eigenvalue weighted by atomic mass is 32.2. The van der Waals surface area contributed by atoms with Crippen LogP contribution in [-0.2, 0) is 85.1 Å². The summed E-state index contributed by atoms with van der Waals surface area (Å²) >= 11 is 0. The zero-order valence-corrected chi connectivity index (χ0v) is 54.7. The standard InChI is InChI=1S/C64H64O28S4/c1-37-19-59(65)91-53-35-57-55(33-51(37)53)83-11-3-79-7-15-87-61-39-21-40-26-48(94(70,71)72)28-42-23-43-29-49(95(73,74)75)31-45(63(43)89-17-9-81-5-13-85-57)24-46-32-50(96(76,77)78)30-44(22-41(61)27-47(25-39)93(67,68)69)64(46)90-18-10-82-6-14-86-58-36-54-52(38(2)20-60(66)92-54)34-56(58)84-12-4-80-8-16-88-62(40)42/h19-20,25-36H,3-18,21-24H2,1-2H3,(H,67,68,69)(H,70,71,72)(H,73,74,75)(H,76,77,78). The second-order valence-corrected chi connectivity index (χ2v) is 27.9. The Morgan fingerprint density at radius 2 is 0.490 bits per heavy atom. The van der Waals surface area contributed by atoms with Crippen molar-refractivity contribution in [2.24, 2.45) is 0 Å². The summed E-state index contributed by atoms with van der Waals surface area (Å²) in [5.74, 6) is 0.351. The molecule has 0 saturated heterocycles. The third kappa shape index (κ3) is 16.7. The lowest BCUT2D eigenvalue weighted by molar-refractivity contribution is 0.0695. The van der Waals surface area contributed by atoms with E-state index in [4.69, 9.17) is 65.7 Å². The highest BCUT2D eigenvalue weighted by Gasteiger charge is 2.30. The van der Waals surface area contributed by atoms with E-state index >= 15 is 0 Å². The highest BCUT2D eigenvalue weighted by molar-refractivity contribution is 7.86. The number of benzene rings is 6. The fourth-order valence-electron chi connectivity index (χ4n) is 11.3. The predicted octanol–water partition coefficient (Wildman–Crippen LogP) is 6.70. The maximum Gasteiger partial charge on any atom is 0.336 e. The second kappa shape index (κ2) is 29.1. The molecular formula is C64H64O28S4. The van der Waals surface area contributed by atoms with E-state index in [-0.39, 0.29) is 207 Å². The molecule has 0 amide bonds. The number of hydrogen-bond donors (Lipinski definition) is 4. The number of aryl methyl sites for hydroxylation is 2. The Bertz CT molecular complexity index is 4590. The van der Waals surface area contributed by atoms with Gasteiger partial charge in [-0.3, -0.25) is 18.2 Å². The summed E-state index contributed by atoms with van der Waals surface area (Å²) in [5, 5.41) is 1.11. The summed E-state index contributed by atoms with van der Waals surface area (Å²) in [6, 6.07) is 17.2. The SMILES string of the molecule is Cc1cc(=O)oc2cc3c(cc12)OCCOCCOc1c2cc(S(=O)(=O)O)cc1Cc1cc(S(=O)(=O)O)cc4c1OCCOCCOc1cc5c(C)cc(=O)oc5cc1OCCOCCOc1c(cc(S(=O)(=O)O)cc1C2)Cc1cc(S(=O)(=O)O)cc(c1OCCOCCO3)C4. The van der Waals surface area contributed by atoms with Gasteiger partial charge in [0.1, 0.15) is 87.0 Å². The first kappa shape index (κ1) is 69.0. The molecule has 1 aliphatic carbocycles. The third-order valence-electron chi connectivity index (χ3n) is 15.4. The first-order chi connectivity index (χ1) is 45.7. The van der Waals surface area contributed by atoms with Gasteiger partial charge in [0, 0.05) is 105 Å².